The van der Waals surface area contributed by atoms with Crippen molar-refractivity contribution in [2.24, 2.45) is 0 Å². The van der Waals surface area contributed by atoms with Crippen LogP contribution in [0.15, 0.2) is 36.7 Å². The Kier molecular flexibility index (Phi) is 3.85. The number of hydrogen-bond acceptors (Lipinski definition) is 3. The number of rotatable bonds is 5. The summed E-state index contributed by atoms with van der Waals surface area (Å²) in [6, 6.07) is 7.13. The van der Waals surface area contributed by atoms with E-state index in [1.54, 1.807) is 29.1 Å². The zero-order valence-corrected chi connectivity index (χ0v) is 12.4. The first kappa shape index (κ1) is 14.6. The molecule has 1 aromatic carbocycles. The summed E-state index contributed by atoms with van der Waals surface area (Å²) in [5.74, 6) is -1.32. The lowest BCUT2D eigenvalue weighted by Crippen LogP contribution is -2.37. The van der Waals surface area contributed by atoms with E-state index in [1.807, 2.05) is 6.07 Å². The Morgan fingerprint density at radius 3 is 2.82 bits per heavy atom. The predicted molar refractivity (Wildman–Crippen MR) is 80.3 cm³/mol. The van der Waals surface area contributed by atoms with Crippen LogP contribution in [0.25, 0.3) is 5.69 Å². The molecule has 0 unspecified atom stereocenters. The third-order valence-electron chi connectivity index (χ3n) is 3.46. The molecule has 0 atom stereocenters. The van der Waals surface area contributed by atoms with Crippen molar-refractivity contribution in [2.75, 3.05) is 6.54 Å². The van der Waals surface area contributed by atoms with Crippen LogP contribution in [-0.4, -0.2) is 44.3 Å². The number of benzene rings is 1. The molecule has 0 spiro atoms. The van der Waals surface area contributed by atoms with Gasteiger partial charge in [-0.2, -0.15) is 5.10 Å². The van der Waals surface area contributed by atoms with Crippen molar-refractivity contribution in [1.82, 2.24) is 14.7 Å². The van der Waals surface area contributed by atoms with Crippen LogP contribution in [0.2, 0.25) is 5.02 Å². The molecule has 3 rings (SSSR count). The van der Waals surface area contributed by atoms with Gasteiger partial charge in [0.15, 0.2) is 0 Å². The standard InChI is InChI=1S/C15H14ClN3O3/c16-11-2-1-3-13(6-11)19-8-10(7-17-19)15(22)18(9-14(20)21)12-4-5-12/h1-3,6-8,12H,4-5,9H2,(H,20,21). The fraction of sp³-hybridized carbons (Fsp3) is 0.267. The molecular weight excluding hydrogens is 306 g/mol. The smallest absolute Gasteiger partial charge is 0.323 e. The van der Waals surface area contributed by atoms with Gasteiger partial charge in [-0.15, -0.1) is 0 Å². The summed E-state index contributed by atoms with van der Waals surface area (Å²) in [5, 5.41) is 13.7. The summed E-state index contributed by atoms with van der Waals surface area (Å²) < 4.78 is 1.55. The van der Waals surface area contributed by atoms with E-state index in [9.17, 15) is 9.59 Å². The lowest BCUT2D eigenvalue weighted by atomic mass is 10.3. The van der Waals surface area contributed by atoms with Gasteiger partial charge < -0.3 is 10.0 Å². The van der Waals surface area contributed by atoms with Crippen LogP contribution in [0.3, 0.4) is 0 Å². The van der Waals surface area contributed by atoms with Crippen LogP contribution in [0.5, 0.6) is 0 Å². The summed E-state index contributed by atoms with van der Waals surface area (Å²) in [7, 11) is 0. The highest BCUT2D eigenvalue weighted by Gasteiger charge is 2.34. The number of amides is 1. The van der Waals surface area contributed by atoms with Gasteiger partial charge in [0.2, 0.25) is 0 Å². The van der Waals surface area contributed by atoms with E-state index in [0.29, 0.717) is 10.6 Å². The molecule has 114 valence electrons. The number of hydrogen-bond donors (Lipinski definition) is 1. The predicted octanol–water partition coefficient (Wildman–Crippen LogP) is 2.21. The summed E-state index contributed by atoms with van der Waals surface area (Å²) in [6.07, 6.45) is 4.73. The van der Waals surface area contributed by atoms with Gasteiger partial charge >= 0.3 is 5.97 Å². The average Bonchev–Trinajstić information content (AvgIpc) is 3.20. The number of nitrogens with zero attached hydrogens (tertiary/aromatic N) is 3. The molecule has 1 N–H and O–H groups in total. The molecule has 6 nitrogen and oxygen atoms in total. The lowest BCUT2D eigenvalue weighted by Gasteiger charge is -2.19. The van der Waals surface area contributed by atoms with E-state index < -0.39 is 5.97 Å². The number of carboxylic acids is 1. The fourth-order valence-electron chi connectivity index (χ4n) is 2.26. The zero-order valence-electron chi connectivity index (χ0n) is 11.6. The van der Waals surface area contributed by atoms with Crippen LogP contribution >= 0.6 is 11.6 Å². The molecule has 22 heavy (non-hydrogen) atoms. The number of carboxylic acid groups (broad SMARTS) is 1. The Hall–Kier alpha value is -2.34. The highest BCUT2D eigenvalue weighted by Crippen LogP contribution is 2.28. The van der Waals surface area contributed by atoms with Gasteiger partial charge in [-0.3, -0.25) is 9.59 Å². The number of carbonyl (C=O) groups excluding carboxylic acids is 1. The minimum atomic E-state index is -1.01. The molecule has 0 aliphatic heterocycles. The first-order valence-electron chi connectivity index (χ1n) is 6.88. The second kappa shape index (κ2) is 5.81. The van der Waals surface area contributed by atoms with Gasteiger partial charge in [-0.05, 0) is 31.0 Å². The van der Waals surface area contributed by atoms with Crippen LogP contribution in [0.4, 0.5) is 0 Å². The monoisotopic (exact) mass is 319 g/mol. The Morgan fingerprint density at radius 2 is 2.18 bits per heavy atom. The van der Waals surface area contributed by atoms with Crippen molar-refractivity contribution >= 4 is 23.5 Å². The highest BCUT2D eigenvalue weighted by atomic mass is 35.5. The molecule has 1 aromatic heterocycles. The van der Waals surface area contributed by atoms with Crippen molar-refractivity contribution in [3.8, 4) is 5.69 Å². The Balaban J connectivity index is 1.83. The van der Waals surface area contributed by atoms with Gasteiger partial charge in [-0.1, -0.05) is 17.7 Å². The minimum Gasteiger partial charge on any atom is -0.480 e. The topological polar surface area (TPSA) is 75.4 Å². The van der Waals surface area contributed by atoms with Crippen molar-refractivity contribution < 1.29 is 14.7 Å². The summed E-state index contributed by atoms with van der Waals surface area (Å²) in [6.45, 7) is -0.286. The normalized spacial score (nSPS) is 13.9. The van der Waals surface area contributed by atoms with E-state index in [-0.39, 0.29) is 18.5 Å². The third-order valence-corrected chi connectivity index (χ3v) is 3.69. The molecule has 1 heterocycles. The maximum Gasteiger partial charge on any atom is 0.323 e. The molecule has 0 bridgehead atoms. The molecule has 0 radical (unpaired) electrons. The minimum absolute atomic E-state index is 0.0260. The fourth-order valence-corrected chi connectivity index (χ4v) is 2.44. The second-order valence-corrected chi connectivity index (χ2v) is 5.65. The van der Waals surface area contributed by atoms with E-state index >= 15 is 0 Å². The highest BCUT2D eigenvalue weighted by molar-refractivity contribution is 6.30. The Labute approximate surface area is 131 Å². The maximum atomic E-state index is 12.5. The lowest BCUT2D eigenvalue weighted by molar-refractivity contribution is -0.137. The Morgan fingerprint density at radius 1 is 1.41 bits per heavy atom. The molecule has 7 heteroatoms. The molecule has 0 saturated heterocycles. The number of aliphatic carboxylic acids is 1. The van der Waals surface area contributed by atoms with Gasteiger partial charge in [0.05, 0.1) is 17.4 Å². The molecule has 1 aliphatic carbocycles. The van der Waals surface area contributed by atoms with E-state index in [1.165, 1.54) is 11.1 Å². The molecule has 1 aliphatic rings. The first-order valence-corrected chi connectivity index (χ1v) is 7.26. The third kappa shape index (κ3) is 3.12. The molecule has 2 aromatic rings. The number of carbonyl (C=O) groups is 2. The van der Waals surface area contributed by atoms with Crippen molar-refractivity contribution in [1.29, 1.82) is 0 Å². The van der Waals surface area contributed by atoms with E-state index in [4.69, 9.17) is 16.7 Å². The van der Waals surface area contributed by atoms with Gasteiger partial charge in [0.25, 0.3) is 5.91 Å². The van der Waals surface area contributed by atoms with Crippen molar-refractivity contribution in [3.05, 3.63) is 47.2 Å². The molecule has 1 saturated carbocycles. The largest absolute Gasteiger partial charge is 0.480 e. The van der Waals surface area contributed by atoms with Crippen molar-refractivity contribution in [2.45, 2.75) is 18.9 Å². The average molecular weight is 320 g/mol. The molecule has 1 fully saturated rings. The van der Waals surface area contributed by atoms with Crippen LogP contribution < -0.4 is 0 Å². The van der Waals surface area contributed by atoms with Crippen LogP contribution in [-0.2, 0) is 4.79 Å². The van der Waals surface area contributed by atoms with Crippen molar-refractivity contribution in [3.63, 3.8) is 0 Å². The number of halogens is 1. The maximum absolute atomic E-state index is 12.5. The number of aromatic nitrogens is 2. The van der Waals surface area contributed by atoms with Gasteiger partial charge in [-0.25, -0.2) is 4.68 Å². The van der Waals surface area contributed by atoms with E-state index in [0.717, 1.165) is 18.5 Å². The molecule has 1 amide bonds. The quantitative estimate of drug-likeness (QED) is 0.917. The van der Waals surface area contributed by atoms with Crippen LogP contribution in [0, 0.1) is 0 Å². The Bertz CT molecular complexity index is 724. The summed E-state index contributed by atoms with van der Waals surface area (Å²) in [4.78, 5) is 24.8. The summed E-state index contributed by atoms with van der Waals surface area (Å²) in [5.41, 5.74) is 1.11. The molecular formula is C15H14ClN3O3. The first-order chi connectivity index (χ1) is 10.5. The second-order valence-electron chi connectivity index (χ2n) is 5.21. The summed E-state index contributed by atoms with van der Waals surface area (Å²) >= 11 is 5.94. The van der Waals surface area contributed by atoms with Gasteiger partial charge in [0, 0.05) is 17.3 Å². The zero-order chi connectivity index (χ0) is 15.7. The SMILES string of the molecule is O=C(O)CN(C(=O)c1cnn(-c2cccc(Cl)c2)c1)C1CC1. The van der Waals surface area contributed by atoms with Crippen LogP contribution in [0.1, 0.15) is 23.2 Å². The van der Waals surface area contributed by atoms with Gasteiger partial charge in [0.1, 0.15) is 6.54 Å². The van der Waals surface area contributed by atoms with E-state index in [2.05, 4.69) is 5.10 Å².